The van der Waals surface area contributed by atoms with Crippen LogP contribution in [0.15, 0.2) is 63.4 Å². The zero-order valence-corrected chi connectivity index (χ0v) is 41.3. The smallest absolute Gasteiger partial charge is 0.272 e. The van der Waals surface area contributed by atoms with E-state index in [0.717, 1.165) is 14.8 Å². The van der Waals surface area contributed by atoms with E-state index in [4.69, 9.17) is 0 Å². The Morgan fingerprint density at radius 3 is 1.31 bits per heavy atom. The summed E-state index contributed by atoms with van der Waals surface area (Å²) in [6.45, 7) is 9.85. The lowest BCUT2D eigenvalue weighted by molar-refractivity contribution is -0.121. The van der Waals surface area contributed by atoms with E-state index in [0.29, 0.717) is 46.3 Å². The number of nitrogens with one attached hydrogen (secondary N) is 7. The van der Waals surface area contributed by atoms with E-state index < -0.39 is 29.5 Å². The molecule has 7 amide bonds. The lowest BCUT2D eigenvalue weighted by atomic mass is 10.2. The summed E-state index contributed by atoms with van der Waals surface area (Å²) in [6, 6.07) is 8.51. The van der Waals surface area contributed by atoms with Crippen molar-refractivity contribution in [3.05, 3.63) is 91.0 Å². The molecule has 0 aliphatic heterocycles. The van der Waals surface area contributed by atoms with Crippen LogP contribution in [-0.2, 0) is 37.8 Å². The summed E-state index contributed by atoms with van der Waals surface area (Å²) < 4.78 is 7.78. The van der Waals surface area contributed by atoms with Crippen LogP contribution in [0.25, 0.3) is 0 Å². The Labute approximate surface area is 397 Å². The largest absolute Gasteiger partial charge is 0.355 e. The summed E-state index contributed by atoms with van der Waals surface area (Å²) in [5.74, 6) is -2.69. The van der Waals surface area contributed by atoms with Crippen LogP contribution in [0.2, 0.25) is 0 Å². The van der Waals surface area contributed by atoms with E-state index in [9.17, 15) is 33.6 Å². The van der Waals surface area contributed by atoms with E-state index >= 15 is 0 Å². The van der Waals surface area contributed by atoms with Gasteiger partial charge in [0.05, 0.1) is 31.4 Å². The summed E-state index contributed by atoms with van der Waals surface area (Å²) in [5.41, 5.74) is 2.57. The maximum absolute atomic E-state index is 13.2. The van der Waals surface area contributed by atoms with Crippen molar-refractivity contribution in [2.75, 3.05) is 47.4 Å². The number of hydrogen-bond acceptors (Lipinski definition) is 9. The number of carbonyl (C=O) groups is 7. The highest BCUT2D eigenvalue weighted by molar-refractivity contribution is 9.13. The number of amides is 7. The van der Waals surface area contributed by atoms with Gasteiger partial charge in [0.1, 0.15) is 22.8 Å². The first-order chi connectivity index (χ1) is 30.7. The maximum Gasteiger partial charge on any atom is 0.272 e. The molecule has 0 bridgehead atoms. The van der Waals surface area contributed by atoms with E-state index in [1.54, 1.807) is 83.4 Å². The summed E-state index contributed by atoms with van der Waals surface area (Å²) in [4.78, 5) is 93.0. The highest BCUT2D eigenvalue weighted by Crippen LogP contribution is 2.33. The second-order valence-electron chi connectivity index (χ2n) is 15.8. The monoisotopic (exact) mass is 1040 g/mol. The Morgan fingerprint density at radius 2 is 0.908 bits per heavy atom. The molecule has 7 N–H and O–H groups in total. The van der Waals surface area contributed by atoms with Crippen LogP contribution >= 0.6 is 43.2 Å². The van der Waals surface area contributed by atoms with Crippen molar-refractivity contribution in [2.24, 2.45) is 28.2 Å². The SMILES string of the molecule is CC(C)N(CCNC(=O)CCNC(=O)c1cc(NC(=O)c2cc(NC(=O)CCNC(=O)c3cc(NC(=O)c4cc(NC(=O)c5cc(Br)c(Br)s5)cn4C)cn3C)cn2C)cn1C)C(C)C. The molecule has 65 heavy (non-hydrogen) atoms. The van der Waals surface area contributed by atoms with Crippen LogP contribution in [0.5, 0.6) is 0 Å². The molecule has 22 heteroatoms. The van der Waals surface area contributed by atoms with Crippen molar-refractivity contribution in [1.82, 2.24) is 39.1 Å². The Bertz CT molecular complexity index is 2560. The fourth-order valence-corrected chi connectivity index (χ4v) is 8.92. The van der Waals surface area contributed by atoms with Crippen LogP contribution in [0, 0.1) is 0 Å². The zero-order valence-electron chi connectivity index (χ0n) is 37.4. The van der Waals surface area contributed by atoms with Crippen molar-refractivity contribution in [2.45, 2.75) is 52.6 Å². The topological polar surface area (TPSA) is 227 Å². The Kier molecular flexibility index (Phi) is 17.2. The summed E-state index contributed by atoms with van der Waals surface area (Å²) in [7, 11) is 6.63. The summed E-state index contributed by atoms with van der Waals surface area (Å²) in [6.07, 6.45) is 6.42. The van der Waals surface area contributed by atoms with Crippen LogP contribution in [0.1, 0.15) is 92.2 Å². The number of hydrogen-bond donors (Lipinski definition) is 7. The van der Waals surface area contributed by atoms with E-state index in [2.05, 4.69) is 102 Å². The molecule has 5 rings (SSSR count). The van der Waals surface area contributed by atoms with Crippen LogP contribution in [0.4, 0.5) is 22.7 Å². The van der Waals surface area contributed by atoms with Gasteiger partial charge in [-0.05, 0) is 89.9 Å². The molecule has 0 saturated heterocycles. The molecule has 0 saturated carbocycles. The minimum atomic E-state index is -0.477. The van der Waals surface area contributed by atoms with Gasteiger partial charge >= 0.3 is 0 Å². The van der Waals surface area contributed by atoms with E-state index in [1.165, 1.54) is 29.5 Å². The molecular formula is C43H54Br2N12O7S. The number of thiophene rings is 1. The molecule has 0 fully saturated rings. The third-order valence-corrected chi connectivity index (χ3v) is 13.4. The molecule has 0 aliphatic carbocycles. The first kappa shape index (κ1) is 50.0. The van der Waals surface area contributed by atoms with Gasteiger partial charge in [-0.2, -0.15) is 0 Å². The molecule has 0 atom stereocenters. The Balaban J connectivity index is 1.04. The standard InChI is InChI=1S/C43H54Br2N12O7S/c1-24(2)57(25(3)4)14-13-46-36(58)9-11-47-39(60)31-16-27(21-53(31)5)50-41(62)33-15-26(20-55(33)7)49-37(59)10-12-48-40(61)32-17-28(22-54(32)6)51-42(63)34-18-29(23-56(34)8)52-43(64)35-19-30(44)38(45)65-35/h15-25H,9-14H2,1-8H3,(H,46,58)(H,47,60)(H,48,61)(H,49,59)(H,50,62)(H,51,63)(H,52,64). The molecule has 5 heterocycles. The predicted octanol–water partition coefficient (Wildman–Crippen LogP) is 5.50. The van der Waals surface area contributed by atoms with Crippen LogP contribution in [-0.4, -0.2) is 103 Å². The zero-order chi connectivity index (χ0) is 47.7. The predicted molar refractivity (Wildman–Crippen MR) is 258 cm³/mol. The number of carbonyl (C=O) groups excluding carboxylic acids is 7. The Hall–Kier alpha value is -5.97. The molecule has 0 unspecified atom stereocenters. The maximum atomic E-state index is 13.2. The molecule has 348 valence electrons. The number of halogens is 2. The van der Waals surface area contributed by atoms with Gasteiger partial charge in [0.2, 0.25) is 11.8 Å². The van der Waals surface area contributed by atoms with Gasteiger partial charge in [0.15, 0.2) is 0 Å². The molecule has 0 radical (unpaired) electrons. The normalized spacial score (nSPS) is 11.2. The second-order valence-corrected chi connectivity index (χ2v) is 19.1. The van der Waals surface area contributed by atoms with Crippen LogP contribution < -0.4 is 37.2 Å². The number of nitrogens with zero attached hydrogens (tertiary/aromatic N) is 5. The molecule has 5 aromatic rings. The van der Waals surface area contributed by atoms with Crippen molar-refractivity contribution in [3.8, 4) is 0 Å². The van der Waals surface area contributed by atoms with Crippen LogP contribution in [0.3, 0.4) is 0 Å². The van der Waals surface area contributed by atoms with Gasteiger partial charge in [0.25, 0.3) is 29.5 Å². The van der Waals surface area contributed by atoms with Crippen molar-refractivity contribution < 1.29 is 33.6 Å². The minimum absolute atomic E-state index is 0.00178. The third-order valence-electron chi connectivity index (χ3n) is 10.2. The van der Waals surface area contributed by atoms with Gasteiger partial charge < -0.3 is 55.5 Å². The van der Waals surface area contributed by atoms with Gasteiger partial charge in [-0.15, -0.1) is 11.3 Å². The molecule has 19 nitrogen and oxygen atoms in total. The van der Waals surface area contributed by atoms with Crippen molar-refractivity contribution >= 4 is 107 Å². The average Bonchev–Trinajstić information content (AvgIpc) is 4.04. The summed E-state index contributed by atoms with van der Waals surface area (Å²) in [5, 5.41) is 19.4. The minimum Gasteiger partial charge on any atom is -0.355 e. The van der Waals surface area contributed by atoms with Gasteiger partial charge in [-0.25, -0.2) is 0 Å². The van der Waals surface area contributed by atoms with E-state index in [1.807, 2.05) is 0 Å². The Morgan fingerprint density at radius 1 is 0.523 bits per heavy atom. The number of anilines is 4. The molecule has 0 aliphatic rings. The van der Waals surface area contributed by atoms with Gasteiger partial charge in [0, 0.05) is 109 Å². The molecule has 5 aromatic heterocycles. The van der Waals surface area contributed by atoms with Gasteiger partial charge in [-0.3, -0.25) is 38.5 Å². The van der Waals surface area contributed by atoms with E-state index in [-0.39, 0.29) is 60.5 Å². The lowest BCUT2D eigenvalue weighted by Gasteiger charge is -2.30. The number of aryl methyl sites for hydroxylation is 4. The highest BCUT2D eigenvalue weighted by Gasteiger charge is 2.21. The highest BCUT2D eigenvalue weighted by atomic mass is 79.9. The average molecular weight is 1040 g/mol. The molecule has 0 aromatic carbocycles. The number of rotatable bonds is 20. The van der Waals surface area contributed by atoms with Gasteiger partial charge in [-0.1, -0.05) is 0 Å². The van der Waals surface area contributed by atoms with Crippen molar-refractivity contribution in [1.29, 1.82) is 0 Å². The fraction of sp³-hybridized carbons (Fsp3) is 0.372. The third kappa shape index (κ3) is 13.5. The first-order valence-electron chi connectivity index (χ1n) is 20.6. The fourth-order valence-electron chi connectivity index (χ4n) is 6.99. The lowest BCUT2D eigenvalue weighted by Crippen LogP contribution is -2.42. The quantitative estimate of drug-likeness (QED) is 0.0526. The first-order valence-corrected chi connectivity index (χ1v) is 23.0. The number of aromatic nitrogens is 4. The molecule has 0 spiro atoms. The molecular weight excluding hydrogens is 988 g/mol. The second kappa shape index (κ2) is 22.3. The summed E-state index contributed by atoms with van der Waals surface area (Å²) >= 11 is 8.02. The van der Waals surface area contributed by atoms with Crippen molar-refractivity contribution in [3.63, 3.8) is 0 Å².